The number of hydrogen-bond donors (Lipinski definition) is 2. The van der Waals surface area contributed by atoms with Gasteiger partial charge in [-0.3, -0.25) is 9.59 Å². The van der Waals surface area contributed by atoms with Crippen LogP contribution in [0.15, 0.2) is 47.3 Å². The van der Waals surface area contributed by atoms with Gasteiger partial charge in [-0.1, -0.05) is 45.0 Å². The third-order valence-corrected chi connectivity index (χ3v) is 4.50. The predicted molar refractivity (Wildman–Crippen MR) is 102 cm³/mol. The Kier molecular flexibility index (Phi) is 3.99. The van der Waals surface area contributed by atoms with Gasteiger partial charge in [0.05, 0.1) is 16.5 Å². The van der Waals surface area contributed by atoms with Gasteiger partial charge in [-0.2, -0.15) is 0 Å². The molecular formula is C21H22N2O2. The van der Waals surface area contributed by atoms with Gasteiger partial charge in [0.2, 0.25) is 5.91 Å². The molecule has 25 heavy (non-hydrogen) atoms. The molecule has 0 spiro atoms. The largest absolute Gasteiger partial charge is 0.366 e. The van der Waals surface area contributed by atoms with Crippen LogP contribution in [0.2, 0.25) is 0 Å². The number of amides is 1. The van der Waals surface area contributed by atoms with Crippen LogP contribution in [0.25, 0.3) is 22.2 Å². The highest BCUT2D eigenvalue weighted by Gasteiger charge is 2.16. The average molecular weight is 334 g/mol. The standard InChI is InChI=1S/C21H22N2O2/c1-12-10-13(21(2,3)4)8-9-14(12)17-11-18(24)19-15(20(22)25)6-5-7-16(19)23-17/h5-11H,1-4H3,(H2,22,25)(H,23,24). The van der Waals surface area contributed by atoms with Crippen LogP contribution in [-0.2, 0) is 5.41 Å². The first-order valence-corrected chi connectivity index (χ1v) is 8.26. The molecule has 1 heterocycles. The molecule has 2 aromatic carbocycles. The number of nitrogens with two attached hydrogens (primary N) is 1. The zero-order valence-corrected chi connectivity index (χ0v) is 14.9. The lowest BCUT2D eigenvalue weighted by Gasteiger charge is -2.20. The van der Waals surface area contributed by atoms with Gasteiger partial charge in [0, 0.05) is 17.3 Å². The Morgan fingerprint density at radius 2 is 1.80 bits per heavy atom. The van der Waals surface area contributed by atoms with Gasteiger partial charge in [0.15, 0.2) is 5.43 Å². The molecule has 0 aliphatic heterocycles. The van der Waals surface area contributed by atoms with Crippen molar-refractivity contribution >= 4 is 16.8 Å². The Morgan fingerprint density at radius 3 is 2.40 bits per heavy atom. The smallest absolute Gasteiger partial charge is 0.249 e. The summed E-state index contributed by atoms with van der Waals surface area (Å²) in [6.45, 7) is 8.55. The maximum absolute atomic E-state index is 12.6. The molecule has 1 aromatic heterocycles. The second-order valence-electron chi connectivity index (χ2n) is 7.42. The number of carbonyl (C=O) groups is 1. The van der Waals surface area contributed by atoms with Crippen molar-refractivity contribution in [3.63, 3.8) is 0 Å². The van der Waals surface area contributed by atoms with Gasteiger partial charge < -0.3 is 10.7 Å². The molecule has 3 rings (SSSR count). The minimum absolute atomic E-state index is 0.0659. The summed E-state index contributed by atoms with van der Waals surface area (Å²) < 4.78 is 0. The van der Waals surface area contributed by atoms with E-state index in [9.17, 15) is 9.59 Å². The first kappa shape index (κ1) is 17.0. The van der Waals surface area contributed by atoms with Crippen molar-refractivity contribution < 1.29 is 4.79 Å². The maximum Gasteiger partial charge on any atom is 0.249 e. The second-order valence-corrected chi connectivity index (χ2v) is 7.42. The van der Waals surface area contributed by atoms with Gasteiger partial charge >= 0.3 is 0 Å². The molecule has 0 aliphatic carbocycles. The van der Waals surface area contributed by atoms with Crippen LogP contribution < -0.4 is 11.2 Å². The molecule has 0 fully saturated rings. The number of nitrogens with one attached hydrogen (secondary N) is 1. The number of rotatable bonds is 2. The molecule has 0 unspecified atom stereocenters. The minimum Gasteiger partial charge on any atom is -0.366 e. The van der Waals surface area contributed by atoms with Crippen molar-refractivity contribution in [3.05, 3.63) is 69.4 Å². The lowest BCUT2D eigenvalue weighted by molar-refractivity contribution is 0.100. The van der Waals surface area contributed by atoms with Crippen LogP contribution in [0.3, 0.4) is 0 Å². The molecule has 4 heteroatoms. The Hall–Kier alpha value is -2.88. The van der Waals surface area contributed by atoms with Crippen LogP contribution >= 0.6 is 0 Å². The van der Waals surface area contributed by atoms with Crippen LogP contribution in [0.5, 0.6) is 0 Å². The van der Waals surface area contributed by atoms with Crippen LogP contribution in [-0.4, -0.2) is 10.9 Å². The summed E-state index contributed by atoms with van der Waals surface area (Å²) in [5.74, 6) is -0.602. The fourth-order valence-electron chi connectivity index (χ4n) is 3.09. The Morgan fingerprint density at radius 1 is 1.08 bits per heavy atom. The third kappa shape index (κ3) is 3.07. The quantitative estimate of drug-likeness (QED) is 0.746. The van der Waals surface area contributed by atoms with Gasteiger partial charge in [0.1, 0.15) is 0 Å². The summed E-state index contributed by atoms with van der Waals surface area (Å²) in [5.41, 5.74) is 10.1. The van der Waals surface area contributed by atoms with E-state index >= 15 is 0 Å². The molecule has 0 bridgehead atoms. The van der Waals surface area contributed by atoms with E-state index in [0.717, 1.165) is 16.8 Å². The SMILES string of the molecule is Cc1cc(C(C)(C)C)ccc1-c1cc(=O)c2c(C(N)=O)cccc2[nH]1. The summed E-state index contributed by atoms with van der Waals surface area (Å²) in [5, 5.41) is 0.336. The third-order valence-electron chi connectivity index (χ3n) is 4.50. The van der Waals surface area contributed by atoms with Crippen molar-refractivity contribution in [2.24, 2.45) is 5.73 Å². The second kappa shape index (κ2) is 5.88. The van der Waals surface area contributed by atoms with Gasteiger partial charge in [-0.15, -0.1) is 0 Å². The number of aryl methyl sites for hydroxylation is 1. The molecular weight excluding hydrogens is 312 g/mol. The highest BCUT2D eigenvalue weighted by atomic mass is 16.1. The van der Waals surface area contributed by atoms with E-state index in [-0.39, 0.29) is 16.4 Å². The topological polar surface area (TPSA) is 76.0 Å². The highest BCUT2D eigenvalue weighted by molar-refractivity contribution is 6.05. The Labute approximate surface area is 146 Å². The van der Waals surface area contributed by atoms with Crippen LogP contribution in [0, 0.1) is 6.92 Å². The summed E-state index contributed by atoms with van der Waals surface area (Å²) in [7, 11) is 0. The molecule has 3 aromatic rings. The van der Waals surface area contributed by atoms with Gasteiger partial charge in [-0.25, -0.2) is 0 Å². The average Bonchev–Trinajstić information content (AvgIpc) is 2.53. The molecule has 0 aliphatic rings. The lowest BCUT2D eigenvalue weighted by atomic mass is 9.85. The molecule has 4 nitrogen and oxygen atoms in total. The van der Waals surface area contributed by atoms with Crippen molar-refractivity contribution in [3.8, 4) is 11.3 Å². The summed E-state index contributed by atoms with van der Waals surface area (Å²) in [6, 6.07) is 12.9. The van der Waals surface area contributed by atoms with E-state index in [1.807, 2.05) is 13.0 Å². The Bertz CT molecular complexity index is 1040. The number of fused-ring (bicyclic) bond motifs is 1. The number of aromatic amines is 1. The van der Waals surface area contributed by atoms with E-state index in [4.69, 9.17) is 5.73 Å². The fourth-order valence-corrected chi connectivity index (χ4v) is 3.09. The summed E-state index contributed by atoms with van der Waals surface area (Å²) >= 11 is 0. The van der Waals surface area contributed by atoms with E-state index in [2.05, 4.69) is 37.9 Å². The first-order chi connectivity index (χ1) is 11.7. The molecule has 1 amide bonds. The minimum atomic E-state index is -0.602. The zero-order valence-electron chi connectivity index (χ0n) is 14.9. The molecule has 0 saturated heterocycles. The number of pyridine rings is 1. The van der Waals surface area contributed by atoms with Crippen molar-refractivity contribution in [1.82, 2.24) is 4.98 Å². The molecule has 128 valence electrons. The maximum atomic E-state index is 12.6. The zero-order chi connectivity index (χ0) is 18.4. The van der Waals surface area contributed by atoms with Crippen molar-refractivity contribution in [1.29, 1.82) is 0 Å². The van der Waals surface area contributed by atoms with Crippen LogP contribution in [0.1, 0.15) is 42.3 Å². The molecule has 0 atom stereocenters. The van der Waals surface area contributed by atoms with Gasteiger partial charge in [-0.05, 0) is 35.6 Å². The highest BCUT2D eigenvalue weighted by Crippen LogP contribution is 2.29. The van der Waals surface area contributed by atoms with E-state index in [0.29, 0.717) is 10.9 Å². The number of benzene rings is 2. The van der Waals surface area contributed by atoms with E-state index < -0.39 is 5.91 Å². The molecule has 0 saturated carbocycles. The van der Waals surface area contributed by atoms with E-state index in [1.54, 1.807) is 18.2 Å². The normalized spacial score (nSPS) is 11.7. The number of aromatic nitrogens is 1. The number of primary amides is 1. The number of hydrogen-bond acceptors (Lipinski definition) is 2. The van der Waals surface area contributed by atoms with Crippen molar-refractivity contribution in [2.45, 2.75) is 33.1 Å². The number of carbonyl (C=O) groups excluding carboxylic acids is 1. The van der Waals surface area contributed by atoms with Gasteiger partial charge in [0.25, 0.3) is 0 Å². The Balaban J connectivity index is 2.21. The lowest BCUT2D eigenvalue weighted by Crippen LogP contribution is -2.16. The van der Waals surface area contributed by atoms with Crippen LogP contribution in [0.4, 0.5) is 0 Å². The summed E-state index contributed by atoms with van der Waals surface area (Å²) in [6.07, 6.45) is 0. The van der Waals surface area contributed by atoms with Crippen molar-refractivity contribution in [2.75, 3.05) is 0 Å². The summed E-state index contributed by atoms with van der Waals surface area (Å²) in [4.78, 5) is 27.5. The van der Waals surface area contributed by atoms with E-state index in [1.165, 1.54) is 11.6 Å². The monoisotopic (exact) mass is 334 g/mol. The number of H-pyrrole nitrogens is 1. The molecule has 0 radical (unpaired) electrons. The predicted octanol–water partition coefficient (Wildman–Crippen LogP) is 3.90. The first-order valence-electron chi connectivity index (χ1n) is 8.26. The fraction of sp³-hybridized carbons (Fsp3) is 0.238. The molecule has 3 N–H and O–H groups in total.